The highest BCUT2D eigenvalue weighted by Crippen LogP contribution is 2.40. The highest BCUT2D eigenvalue weighted by Gasteiger charge is 2.44. The summed E-state index contributed by atoms with van der Waals surface area (Å²) in [6, 6.07) is 24.1. The Hall–Kier alpha value is -6.70. The van der Waals surface area contributed by atoms with Crippen molar-refractivity contribution in [2.45, 2.75) is 65.3 Å². The van der Waals surface area contributed by atoms with E-state index in [1.54, 1.807) is 72.0 Å². The van der Waals surface area contributed by atoms with Gasteiger partial charge >= 0.3 is 0 Å². The van der Waals surface area contributed by atoms with Gasteiger partial charge in [-0.05, 0) is 108 Å². The maximum Gasteiger partial charge on any atom is 0.273 e. The van der Waals surface area contributed by atoms with Crippen LogP contribution in [0.25, 0.3) is 31.0 Å². The van der Waals surface area contributed by atoms with Crippen LogP contribution < -0.4 is 20.8 Å². The third-order valence-corrected chi connectivity index (χ3v) is 13.6. The third kappa shape index (κ3) is 12.9. The van der Waals surface area contributed by atoms with E-state index in [0.29, 0.717) is 27.1 Å². The quantitative estimate of drug-likeness (QED) is 0.0277. The first kappa shape index (κ1) is 50.2. The number of thiazole rings is 1. The predicted molar refractivity (Wildman–Crippen MR) is 266 cm³/mol. The van der Waals surface area contributed by atoms with Gasteiger partial charge in [0.05, 0.1) is 59.8 Å². The molecule has 0 spiro atoms. The lowest BCUT2D eigenvalue weighted by molar-refractivity contribution is -0.144. The lowest BCUT2D eigenvalue weighted by Gasteiger charge is -2.35. The summed E-state index contributed by atoms with van der Waals surface area (Å²) in [4.78, 5) is 61.5. The molecule has 1 fully saturated rings. The van der Waals surface area contributed by atoms with Crippen molar-refractivity contribution in [1.29, 1.82) is 0 Å². The second-order valence-electron chi connectivity index (χ2n) is 17.7. The number of ether oxygens (including phenoxy) is 3. The fourth-order valence-corrected chi connectivity index (χ4v) is 9.87. The molecule has 1 aliphatic rings. The molecule has 1 saturated heterocycles. The number of thiophene rings is 1. The number of β-amino-alcohol motifs (C(OH)–C–C–N with tert-alkyl or cyclic N) is 1. The van der Waals surface area contributed by atoms with Gasteiger partial charge in [0, 0.05) is 27.9 Å². The van der Waals surface area contributed by atoms with Gasteiger partial charge in [0.1, 0.15) is 42.5 Å². The van der Waals surface area contributed by atoms with Gasteiger partial charge in [-0.2, -0.15) is 5.10 Å². The highest BCUT2D eigenvalue weighted by molar-refractivity contribution is 7.22. The van der Waals surface area contributed by atoms with Gasteiger partial charge in [0.2, 0.25) is 17.7 Å². The number of aliphatic hydroxyl groups is 1. The number of hydrogen-bond donors (Lipinski definition) is 6. The van der Waals surface area contributed by atoms with Crippen molar-refractivity contribution in [3.05, 3.63) is 119 Å². The summed E-state index contributed by atoms with van der Waals surface area (Å²) in [5.74, 6) is -0.994. The fourth-order valence-electron chi connectivity index (χ4n) is 7.82. The summed E-state index contributed by atoms with van der Waals surface area (Å²) < 4.78 is 17.7. The number of carbonyl (C=O) groups excluding carboxylic acids is 4. The molecule has 4 amide bonds. The highest BCUT2D eigenvalue weighted by atomic mass is 32.1. The first-order valence-electron chi connectivity index (χ1n) is 22.4. The van der Waals surface area contributed by atoms with Crippen LogP contribution >= 0.6 is 22.7 Å². The predicted octanol–water partition coefficient (Wildman–Crippen LogP) is 6.96. The molecule has 1 aliphatic heterocycles. The van der Waals surface area contributed by atoms with Gasteiger partial charge in [-0.25, -0.2) is 10.4 Å². The van der Waals surface area contributed by atoms with Crippen molar-refractivity contribution in [3.8, 4) is 38.1 Å². The Bertz CT molecular complexity index is 2770. The number of phenolic OH excluding ortho intramolecular Hbond substituents is 2. The lowest BCUT2D eigenvalue weighted by Crippen LogP contribution is -2.58. The van der Waals surface area contributed by atoms with E-state index >= 15 is 0 Å². The van der Waals surface area contributed by atoms with Gasteiger partial charge in [0.25, 0.3) is 5.91 Å². The topological polar surface area (TPSA) is 221 Å². The van der Waals surface area contributed by atoms with E-state index in [0.717, 1.165) is 32.0 Å². The molecule has 0 aliphatic carbocycles. The Morgan fingerprint density at radius 2 is 1.54 bits per heavy atom. The summed E-state index contributed by atoms with van der Waals surface area (Å²) in [7, 11) is 0. The smallest absolute Gasteiger partial charge is 0.273 e. The zero-order valence-corrected chi connectivity index (χ0v) is 40.6. The van der Waals surface area contributed by atoms with Crippen LogP contribution in [0.3, 0.4) is 0 Å². The standard InChI is InChI=1S/C51H56N6O10S2/c1-30(33-8-10-34(11-9-33)45-31(2)52-29-68-45)54-48(62)41-24-38(60)27-57(41)50(64)47(51(3,4)5)55-43(61)28-66-21-20-65-22-23-67-39-17-6-32(7-18-39)26-53-56-49(63)44-40-19-16-37(59)25-42(40)69-46(44)35-12-14-36(58)15-13-35/h6-19,25-26,29-30,38,41,47,58-60H,20-24,27-28H2,1-5H3,(H,54,62)(H,55,61)(H,56,63). The van der Waals surface area contributed by atoms with E-state index < -0.39 is 41.3 Å². The molecule has 6 N–H and O–H groups in total. The minimum absolute atomic E-state index is 0.0373. The van der Waals surface area contributed by atoms with Crippen LogP contribution in [-0.4, -0.2) is 113 Å². The SMILES string of the molecule is Cc1ncsc1-c1ccc(C(C)NC(=O)C2CC(O)CN2C(=O)C(NC(=O)COCCOCCOc2ccc(C=NNC(=O)c3c(-c4ccc(O)cc4)sc4cc(O)ccc34)cc2)C(C)(C)C)cc1. The molecule has 18 heteroatoms. The number of hydrogen-bond acceptors (Lipinski definition) is 14. The van der Waals surface area contributed by atoms with Crippen LogP contribution in [0.4, 0.5) is 0 Å². The number of nitrogens with one attached hydrogen (secondary N) is 3. The van der Waals surface area contributed by atoms with Gasteiger partial charge in [-0.15, -0.1) is 22.7 Å². The molecular formula is C51H56N6O10S2. The number of rotatable bonds is 19. The average molecular weight is 977 g/mol. The number of fused-ring (bicyclic) bond motifs is 1. The maximum atomic E-state index is 14.0. The summed E-state index contributed by atoms with van der Waals surface area (Å²) in [6.45, 7) is 9.73. The van der Waals surface area contributed by atoms with E-state index in [9.17, 15) is 34.5 Å². The van der Waals surface area contributed by atoms with Crippen LogP contribution in [0.5, 0.6) is 17.2 Å². The molecule has 4 unspecified atom stereocenters. The number of amides is 4. The number of hydrazone groups is 1. The Balaban J connectivity index is 0.809. The minimum Gasteiger partial charge on any atom is -0.508 e. The molecule has 4 aromatic carbocycles. The Morgan fingerprint density at radius 3 is 2.23 bits per heavy atom. The van der Waals surface area contributed by atoms with Crippen LogP contribution in [-0.2, 0) is 23.9 Å². The van der Waals surface area contributed by atoms with E-state index in [1.807, 2.05) is 64.4 Å². The first-order chi connectivity index (χ1) is 33.0. The summed E-state index contributed by atoms with van der Waals surface area (Å²) >= 11 is 2.92. The zero-order valence-electron chi connectivity index (χ0n) is 38.9. The summed E-state index contributed by atoms with van der Waals surface area (Å²) in [5.41, 5.74) is 8.43. The van der Waals surface area contributed by atoms with Crippen molar-refractivity contribution in [2.24, 2.45) is 10.5 Å². The van der Waals surface area contributed by atoms with Crippen LogP contribution in [0.2, 0.25) is 0 Å². The van der Waals surface area contributed by atoms with E-state index in [2.05, 4.69) is 26.1 Å². The summed E-state index contributed by atoms with van der Waals surface area (Å²) in [6.07, 6.45) is 0.692. The number of aryl methyl sites for hydroxylation is 1. The lowest BCUT2D eigenvalue weighted by atomic mass is 9.85. The van der Waals surface area contributed by atoms with Crippen molar-refractivity contribution >= 4 is 62.6 Å². The van der Waals surface area contributed by atoms with Crippen molar-refractivity contribution < 1.29 is 48.7 Å². The molecule has 3 heterocycles. The fraction of sp³-hybridized carbons (Fsp3) is 0.333. The first-order valence-corrected chi connectivity index (χ1v) is 24.1. The minimum atomic E-state index is -0.994. The largest absolute Gasteiger partial charge is 0.508 e. The molecule has 16 nitrogen and oxygen atoms in total. The monoisotopic (exact) mass is 976 g/mol. The second kappa shape index (κ2) is 22.6. The normalized spacial score (nSPS) is 15.8. The molecule has 7 rings (SSSR count). The number of aromatic nitrogens is 1. The molecule has 2 aromatic heterocycles. The Kier molecular flexibility index (Phi) is 16.4. The van der Waals surface area contributed by atoms with Crippen LogP contribution in [0.15, 0.2) is 102 Å². The molecule has 362 valence electrons. The van der Waals surface area contributed by atoms with Gasteiger partial charge in [0.15, 0.2) is 0 Å². The number of benzene rings is 4. The zero-order chi connectivity index (χ0) is 49.2. The van der Waals surface area contributed by atoms with E-state index in [-0.39, 0.29) is 69.4 Å². The van der Waals surface area contributed by atoms with E-state index in [1.165, 1.54) is 28.5 Å². The number of phenols is 2. The van der Waals surface area contributed by atoms with Crippen molar-refractivity contribution in [1.82, 2.24) is 25.9 Å². The van der Waals surface area contributed by atoms with Gasteiger partial charge in [-0.1, -0.05) is 45.0 Å². The van der Waals surface area contributed by atoms with Crippen LogP contribution in [0.1, 0.15) is 67.3 Å². The number of nitrogens with zero attached hydrogens (tertiary/aromatic N) is 3. The molecule has 0 saturated carbocycles. The van der Waals surface area contributed by atoms with Gasteiger partial charge in [-0.3, -0.25) is 19.2 Å². The van der Waals surface area contributed by atoms with Crippen molar-refractivity contribution in [2.75, 3.05) is 39.6 Å². The molecular weight excluding hydrogens is 921 g/mol. The second-order valence-corrected chi connectivity index (χ2v) is 19.6. The molecule has 6 aromatic rings. The molecule has 0 bridgehead atoms. The summed E-state index contributed by atoms with van der Waals surface area (Å²) in [5, 5.41) is 41.0. The van der Waals surface area contributed by atoms with Crippen LogP contribution in [0, 0.1) is 12.3 Å². The van der Waals surface area contributed by atoms with Gasteiger partial charge < -0.3 is 45.1 Å². The van der Waals surface area contributed by atoms with Crippen molar-refractivity contribution in [3.63, 3.8) is 0 Å². The Morgan fingerprint density at radius 1 is 0.870 bits per heavy atom. The number of aliphatic hydroxyl groups excluding tert-OH is 1. The van der Waals surface area contributed by atoms with E-state index in [4.69, 9.17) is 14.2 Å². The number of carbonyl (C=O) groups is 4. The maximum absolute atomic E-state index is 14.0. The third-order valence-electron chi connectivity index (χ3n) is 11.5. The molecule has 69 heavy (non-hydrogen) atoms. The average Bonchev–Trinajstić information content (AvgIpc) is 4.05. The molecule has 4 atom stereocenters. The molecule has 0 radical (unpaired) electrons. The Labute approximate surface area is 408 Å². The number of likely N-dealkylation sites (tertiary alicyclic amines) is 1. The number of aromatic hydroxyl groups is 2.